The van der Waals surface area contributed by atoms with Crippen molar-refractivity contribution < 1.29 is 9.21 Å². The third-order valence-corrected chi connectivity index (χ3v) is 7.24. The van der Waals surface area contributed by atoms with E-state index in [1.165, 1.54) is 28.9 Å². The molecule has 1 saturated heterocycles. The maximum absolute atomic E-state index is 12.4. The van der Waals surface area contributed by atoms with Gasteiger partial charge in [0, 0.05) is 37.1 Å². The number of aryl methyl sites for hydroxylation is 3. The van der Waals surface area contributed by atoms with Crippen LogP contribution in [-0.4, -0.2) is 34.9 Å². The topological polar surface area (TPSA) is 75.4 Å². The van der Waals surface area contributed by atoms with Gasteiger partial charge < -0.3 is 9.73 Å². The molecule has 0 spiro atoms. The van der Waals surface area contributed by atoms with Gasteiger partial charge in [0.15, 0.2) is 0 Å². The molecule has 0 atom stereocenters. The van der Waals surface area contributed by atoms with E-state index in [2.05, 4.69) is 27.3 Å². The van der Waals surface area contributed by atoms with Crippen LogP contribution in [0.1, 0.15) is 51.3 Å². The molecular weight excluding hydrogens is 398 g/mol. The molecule has 1 aromatic carbocycles. The normalized spacial score (nSPS) is 17.4. The van der Waals surface area contributed by atoms with Crippen LogP contribution in [-0.2, 0) is 19.4 Å². The Morgan fingerprint density at radius 2 is 2.00 bits per heavy atom. The summed E-state index contributed by atoms with van der Waals surface area (Å²) in [5, 5.41) is 4.21. The first kappa shape index (κ1) is 19.5. The number of piperidine rings is 1. The standard InChI is InChI=1S/C23H25N3O3S/c1-14-22(30-13-24-14)23(28)25-18-5-7-26(8-6-18)12-17-11-21(27)29-20-10-16-4-2-3-15(16)9-19(17)20/h9-11,13,18H,2-8,12H2,1H3,(H,25,28). The fourth-order valence-corrected chi connectivity index (χ4v) is 5.38. The van der Waals surface area contributed by atoms with E-state index in [1.54, 1.807) is 11.6 Å². The van der Waals surface area contributed by atoms with Gasteiger partial charge in [0.2, 0.25) is 0 Å². The summed E-state index contributed by atoms with van der Waals surface area (Å²) in [7, 11) is 0. The van der Waals surface area contributed by atoms with Gasteiger partial charge in [-0.15, -0.1) is 11.3 Å². The van der Waals surface area contributed by atoms with Crippen molar-refractivity contribution in [2.75, 3.05) is 13.1 Å². The van der Waals surface area contributed by atoms with Crippen LogP contribution >= 0.6 is 11.3 Å². The summed E-state index contributed by atoms with van der Waals surface area (Å²) in [5.74, 6) is -0.0195. The smallest absolute Gasteiger partial charge is 0.336 e. The number of nitrogens with one attached hydrogen (secondary N) is 1. The lowest BCUT2D eigenvalue weighted by Gasteiger charge is -2.32. The molecule has 1 aliphatic carbocycles. The highest BCUT2D eigenvalue weighted by Crippen LogP contribution is 2.29. The Morgan fingerprint density at radius 1 is 1.23 bits per heavy atom. The number of carbonyl (C=O) groups is 1. The molecule has 1 aliphatic heterocycles. The third-order valence-electron chi connectivity index (χ3n) is 6.31. The molecule has 2 aliphatic rings. The lowest BCUT2D eigenvalue weighted by Crippen LogP contribution is -2.44. The number of aromatic nitrogens is 1. The van der Waals surface area contributed by atoms with Gasteiger partial charge in [-0.05, 0) is 67.9 Å². The molecule has 0 radical (unpaired) electrons. The van der Waals surface area contributed by atoms with Crippen LogP contribution in [0.4, 0.5) is 0 Å². The quantitative estimate of drug-likeness (QED) is 0.651. The number of benzene rings is 1. The van der Waals surface area contributed by atoms with Gasteiger partial charge in [0.1, 0.15) is 10.5 Å². The first-order valence-corrected chi connectivity index (χ1v) is 11.5. The number of amides is 1. The lowest BCUT2D eigenvalue weighted by atomic mass is 10.0. The predicted molar refractivity (Wildman–Crippen MR) is 117 cm³/mol. The van der Waals surface area contributed by atoms with Crippen LogP contribution in [0.15, 0.2) is 32.9 Å². The van der Waals surface area contributed by atoms with Gasteiger partial charge in [-0.3, -0.25) is 9.69 Å². The molecular formula is C23H25N3O3S. The van der Waals surface area contributed by atoms with Gasteiger partial charge in [-0.25, -0.2) is 9.78 Å². The van der Waals surface area contributed by atoms with Gasteiger partial charge in [-0.1, -0.05) is 0 Å². The Labute approximate surface area is 178 Å². The summed E-state index contributed by atoms with van der Waals surface area (Å²) in [4.78, 5) is 31.8. The highest BCUT2D eigenvalue weighted by Gasteiger charge is 2.23. The highest BCUT2D eigenvalue weighted by molar-refractivity contribution is 7.11. The molecule has 0 unspecified atom stereocenters. The van der Waals surface area contributed by atoms with Gasteiger partial charge >= 0.3 is 5.63 Å². The third kappa shape index (κ3) is 3.79. The average Bonchev–Trinajstić information content (AvgIpc) is 3.36. The summed E-state index contributed by atoms with van der Waals surface area (Å²) >= 11 is 1.39. The van der Waals surface area contributed by atoms with Crippen molar-refractivity contribution >= 4 is 28.2 Å². The fraction of sp³-hybridized carbons (Fsp3) is 0.435. The van der Waals surface area contributed by atoms with Crippen molar-refractivity contribution in [2.24, 2.45) is 0 Å². The Bertz CT molecular complexity index is 1160. The molecule has 1 fully saturated rings. The van der Waals surface area contributed by atoms with Crippen molar-refractivity contribution in [3.8, 4) is 0 Å². The zero-order valence-corrected chi connectivity index (χ0v) is 17.9. The molecule has 5 rings (SSSR count). The van der Waals surface area contributed by atoms with E-state index in [0.717, 1.165) is 62.0 Å². The number of hydrogen-bond acceptors (Lipinski definition) is 6. The second-order valence-electron chi connectivity index (χ2n) is 8.35. The molecule has 7 heteroatoms. The van der Waals surface area contributed by atoms with E-state index in [1.807, 2.05) is 6.92 Å². The first-order valence-electron chi connectivity index (χ1n) is 10.6. The van der Waals surface area contributed by atoms with Gasteiger partial charge in [-0.2, -0.15) is 0 Å². The SMILES string of the molecule is Cc1ncsc1C(=O)NC1CCN(Cc2cc(=O)oc3cc4c(cc23)CCC4)CC1. The minimum Gasteiger partial charge on any atom is -0.423 e. The van der Waals surface area contributed by atoms with Crippen LogP contribution in [0.5, 0.6) is 0 Å². The zero-order chi connectivity index (χ0) is 20.7. The molecule has 1 N–H and O–H groups in total. The van der Waals surface area contributed by atoms with Crippen LogP contribution in [0.2, 0.25) is 0 Å². The molecule has 30 heavy (non-hydrogen) atoms. The molecule has 6 nitrogen and oxygen atoms in total. The monoisotopic (exact) mass is 423 g/mol. The van der Waals surface area contributed by atoms with Crippen molar-refractivity contribution in [3.05, 3.63) is 61.4 Å². The Balaban J connectivity index is 1.27. The predicted octanol–water partition coefficient (Wildman–Crippen LogP) is 3.44. The second kappa shape index (κ2) is 7.96. The largest absolute Gasteiger partial charge is 0.423 e. The molecule has 3 heterocycles. The van der Waals surface area contributed by atoms with Gasteiger partial charge in [0.05, 0.1) is 11.2 Å². The number of carbonyl (C=O) groups excluding carboxylic acids is 1. The molecule has 0 saturated carbocycles. The van der Waals surface area contributed by atoms with Crippen LogP contribution in [0.25, 0.3) is 11.0 Å². The summed E-state index contributed by atoms with van der Waals surface area (Å²) in [5.41, 5.74) is 6.67. The van der Waals surface area contributed by atoms with E-state index in [9.17, 15) is 9.59 Å². The molecule has 0 bridgehead atoms. The van der Waals surface area contributed by atoms with Crippen LogP contribution in [0.3, 0.4) is 0 Å². The van der Waals surface area contributed by atoms with E-state index >= 15 is 0 Å². The Kier molecular flexibility index (Phi) is 5.16. The number of likely N-dealkylation sites (tertiary alicyclic amines) is 1. The van der Waals surface area contributed by atoms with Crippen molar-refractivity contribution in [2.45, 2.75) is 51.6 Å². The fourth-order valence-electron chi connectivity index (χ4n) is 4.67. The molecule has 2 aromatic heterocycles. The maximum atomic E-state index is 12.4. The maximum Gasteiger partial charge on any atom is 0.336 e. The summed E-state index contributed by atoms with van der Waals surface area (Å²) in [6.07, 6.45) is 5.15. The van der Waals surface area contributed by atoms with Crippen molar-refractivity contribution in [1.82, 2.24) is 15.2 Å². The molecule has 1 amide bonds. The summed E-state index contributed by atoms with van der Waals surface area (Å²) in [6.45, 7) is 4.37. The number of hydrogen-bond donors (Lipinski definition) is 1. The van der Waals surface area contributed by atoms with E-state index in [-0.39, 0.29) is 17.6 Å². The number of rotatable bonds is 4. The molecule has 156 valence electrons. The van der Waals surface area contributed by atoms with E-state index < -0.39 is 0 Å². The highest BCUT2D eigenvalue weighted by atomic mass is 32.1. The number of thiazole rings is 1. The van der Waals surface area contributed by atoms with Crippen LogP contribution < -0.4 is 10.9 Å². The second-order valence-corrected chi connectivity index (χ2v) is 9.21. The van der Waals surface area contributed by atoms with Crippen molar-refractivity contribution in [3.63, 3.8) is 0 Å². The minimum atomic E-state index is -0.280. The van der Waals surface area contributed by atoms with Gasteiger partial charge in [0.25, 0.3) is 5.91 Å². The summed E-state index contributed by atoms with van der Waals surface area (Å²) < 4.78 is 5.50. The minimum absolute atomic E-state index is 0.0195. The van der Waals surface area contributed by atoms with Crippen LogP contribution in [0, 0.1) is 6.92 Å². The molecule has 3 aromatic rings. The lowest BCUT2D eigenvalue weighted by molar-refractivity contribution is 0.0912. The van der Waals surface area contributed by atoms with E-state index in [4.69, 9.17) is 4.42 Å². The Hall–Kier alpha value is -2.51. The number of fused-ring (bicyclic) bond motifs is 2. The summed E-state index contributed by atoms with van der Waals surface area (Å²) in [6, 6.07) is 6.10. The average molecular weight is 424 g/mol. The first-order chi connectivity index (χ1) is 14.6. The zero-order valence-electron chi connectivity index (χ0n) is 17.1. The number of nitrogens with zero attached hydrogens (tertiary/aromatic N) is 2. The van der Waals surface area contributed by atoms with E-state index in [0.29, 0.717) is 10.5 Å². The Morgan fingerprint density at radius 3 is 2.73 bits per heavy atom. The van der Waals surface area contributed by atoms with Crippen molar-refractivity contribution in [1.29, 1.82) is 0 Å².